The van der Waals surface area contributed by atoms with E-state index >= 15 is 0 Å². The van der Waals surface area contributed by atoms with Crippen LogP contribution in [0.3, 0.4) is 0 Å². The molecule has 0 aromatic heterocycles. The minimum Gasteiger partial charge on any atom is -0.343 e. The first-order valence-corrected chi connectivity index (χ1v) is 10.1. The number of likely N-dealkylation sites (tertiary alicyclic amines) is 1. The monoisotopic (exact) mass is 383 g/mol. The van der Waals surface area contributed by atoms with Gasteiger partial charge >= 0.3 is 0 Å². The Morgan fingerprint density at radius 2 is 1.96 bits per heavy atom. The smallest absolute Gasteiger partial charge is 0.270 e. The van der Waals surface area contributed by atoms with Crippen molar-refractivity contribution in [2.75, 3.05) is 13.1 Å². The van der Waals surface area contributed by atoms with Crippen LogP contribution in [-0.2, 0) is 14.8 Å². The standard InChI is InChI=1S/C17H25N3O5S/c1-12(2)10-17(21)19-8-6-14(7-9-19)18-26(24,25)16-11-15(20(22)23)5-4-13(16)3/h4-5,11-12,14,18H,6-10H2,1-3H3. The van der Waals surface area contributed by atoms with Gasteiger partial charge in [-0.25, -0.2) is 13.1 Å². The van der Waals surface area contributed by atoms with Crippen LogP contribution in [-0.4, -0.2) is 43.3 Å². The molecule has 1 fully saturated rings. The molecule has 2 rings (SSSR count). The van der Waals surface area contributed by atoms with E-state index in [-0.39, 0.29) is 28.4 Å². The topological polar surface area (TPSA) is 110 Å². The van der Waals surface area contributed by atoms with E-state index in [4.69, 9.17) is 0 Å². The fourth-order valence-corrected chi connectivity index (χ4v) is 4.57. The molecule has 0 aliphatic carbocycles. The zero-order valence-electron chi connectivity index (χ0n) is 15.3. The third kappa shape index (κ3) is 5.01. The maximum Gasteiger partial charge on any atom is 0.270 e. The molecule has 0 saturated carbocycles. The fourth-order valence-electron chi connectivity index (χ4n) is 3.00. The SMILES string of the molecule is Cc1ccc([N+](=O)[O-])cc1S(=O)(=O)NC1CCN(C(=O)CC(C)C)CC1. The summed E-state index contributed by atoms with van der Waals surface area (Å²) in [6.07, 6.45) is 1.54. The van der Waals surface area contributed by atoms with Crippen molar-refractivity contribution in [3.05, 3.63) is 33.9 Å². The number of sulfonamides is 1. The summed E-state index contributed by atoms with van der Waals surface area (Å²) in [4.78, 5) is 24.1. The minimum atomic E-state index is -3.86. The number of nitro groups is 1. The van der Waals surface area contributed by atoms with E-state index in [0.717, 1.165) is 6.07 Å². The van der Waals surface area contributed by atoms with E-state index in [1.165, 1.54) is 12.1 Å². The number of aryl methyl sites for hydroxylation is 1. The first kappa shape index (κ1) is 20.3. The zero-order valence-corrected chi connectivity index (χ0v) is 16.1. The number of benzene rings is 1. The van der Waals surface area contributed by atoms with Gasteiger partial charge in [0.25, 0.3) is 5.69 Å². The molecule has 1 N–H and O–H groups in total. The van der Waals surface area contributed by atoms with Crippen molar-refractivity contribution >= 4 is 21.6 Å². The van der Waals surface area contributed by atoms with Gasteiger partial charge in [-0.3, -0.25) is 14.9 Å². The molecule has 1 aliphatic rings. The van der Waals surface area contributed by atoms with E-state index in [0.29, 0.717) is 37.9 Å². The van der Waals surface area contributed by atoms with E-state index in [1.807, 2.05) is 13.8 Å². The molecular weight excluding hydrogens is 358 g/mol. The molecule has 8 nitrogen and oxygen atoms in total. The predicted molar refractivity (Wildman–Crippen MR) is 97.2 cm³/mol. The summed E-state index contributed by atoms with van der Waals surface area (Å²) in [7, 11) is -3.86. The normalized spacial score (nSPS) is 16.1. The van der Waals surface area contributed by atoms with Crippen molar-refractivity contribution in [1.82, 2.24) is 9.62 Å². The summed E-state index contributed by atoms with van der Waals surface area (Å²) in [5.41, 5.74) is 0.192. The molecule has 9 heteroatoms. The molecular formula is C17H25N3O5S. The minimum absolute atomic E-state index is 0.0787. The highest BCUT2D eigenvalue weighted by atomic mass is 32.2. The predicted octanol–water partition coefficient (Wildman–Crippen LogP) is 2.22. The number of nitrogens with zero attached hydrogens (tertiary/aromatic N) is 2. The van der Waals surface area contributed by atoms with Crippen LogP contribution in [0, 0.1) is 23.0 Å². The van der Waals surface area contributed by atoms with E-state index in [2.05, 4.69) is 4.72 Å². The number of carbonyl (C=O) groups excluding carboxylic acids is 1. The molecule has 0 spiro atoms. The maximum atomic E-state index is 12.6. The summed E-state index contributed by atoms with van der Waals surface area (Å²) >= 11 is 0. The second-order valence-corrected chi connectivity index (χ2v) is 8.76. The number of hydrogen-bond donors (Lipinski definition) is 1. The number of hydrogen-bond acceptors (Lipinski definition) is 5. The van der Waals surface area contributed by atoms with Crippen LogP contribution < -0.4 is 4.72 Å². The first-order valence-electron chi connectivity index (χ1n) is 8.65. The van der Waals surface area contributed by atoms with E-state index in [1.54, 1.807) is 11.8 Å². The molecule has 0 bridgehead atoms. The number of nitro benzene ring substituents is 1. The van der Waals surface area contributed by atoms with E-state index < -0.39 is 14.9 Å². The number of rotatable bonds is 6. The van der Waals surface area contributed by atoms with Gasteiger partial charge in [-0.15, -0.1) is 0 Å². The number of piperidine rings is 1. The van der Waals surface area contributed by atoms with Gasteiger partial charge in [-0.2, -0.15) is 0 Å². The lowest BCUT2D eigenvalue weighted by Gasteiger charge is -2.32. The van der Waals surface area contributed by atoms with Gasteiger partial charge in [0.2, 0.25) is 15.9 Å². The fraction of sp³-hybridized carbons (Fsp3) is 0.588. The third-order valence-electron chi connectivity index (χ3n) is 4.42. The summed E-state index contributed by atoms with van der Waals surface area (Å²) in [5.74, 6) is 0.381. The molecule has 0 radical (unpaired) electrons. The van der Waals surface area contributed by atoms with Crippen molar-refractivity contribution in [3.63, 3.8) is 0 Å². The van der Waals surface area contributed by atoms with Crippen LogP contribution in [0.4, 0.5) is 5.69 Å². The van der Waals surface area contributed by atoms with Crippen LogP contribution in [0.5, 0.6) is 0 Å². The molecule has 0 atom stereocenters. The second-order valence-electron chi connectivity index (χ2n) is 7.08. The lowest BCUT2D eigenvalue weighted by atomic mass is 10.0. The summed E-state index contributed by atoms with van der Waals surface area (Å²) in [6, 6.07) is 3.51. The Bertz CT molecular complexity index is 784. The third-order valence-corrected chi connectivity index (χ3v) is 6.09. The Labute approximate surface area is 153 Å². The van der Waals surface area contributed by atoms with Crippen LogP contribution in [0.1, 0.15) is 38.7 Å². The van der Waals surface area contributed by atoms with E-state index in [9.17, 15) is 23.3 Å². The van der Waals surface area contributed by atoms with Crippen LogP contribution in [0.25, 0.3) is 0 Å². The highest BCUT2D eigenvalue weighted by molar-refractivity contribution is 7.89. The summed E-state index contributed by atoms with van der Waals surface area (Å²) in [6.45, 7) is 6.59. The first-order chi connectivity index (χ1) is 12.1. The summed E-state index contributed by atoms with van der Waals surface area (Å²) < 4.78 is 27.9. The van der Waals surface area contributed by atoms with Crippen LogP contribution >= 0.6 is 0 Å². The molecule has 144 valence electrons. The molecule has 1 saturated heterocycles. The number of nitrogens with one attached hydrogen (secondary N) is 1. The highest BCUT2D eigenvalue weighted by Gasteiger charge is 2.28. The van der Waals surface area contributed by atoms with Crippen molar-refractivity contribution < 1.29 is 18.1 Å². The molecule has 26 heavy (non-hydrogen) atoms. The van der Waals surface area contributed by atoms with Gasteiger partial charge in [0.15, 0.2) is 0 Å². The molecule has 0 unspecified atom stereocenters. The lowest BCUT2D eigenvalue weighted by molar-refractivity contribution is -0.385. The van der Waals surface area contributed by atoms with Gasteiger partial charge in [0, 0.05) is 37.7 Å². The average molecular weight is 383 g/mol. The Morgan fingerprint density at radius 3 is 2.50 bits per heavy atom. The quantitative estimate of drug-likeness (QED) is 0.598. The average Bonchev–Trinajstić information content (AvgIpc) is 2.54. The van der Waals surface area contributed by atoms with Gasteiger partial charge in [-0.1, -0.05) is 19.9 Å². The van der Waals surface area contributed by atoms with Crippen molar-refractivity contribution in [2.24, 2.45) is 5.92 Å². The highest BCUT2D eigenvalue weighted by Crippen LogP contribution is 2.23. The van der Waals surface area contributed by atoms with Crippen molar-refractivity contribution in [2.45, 2.75) is 51.0 Å². The molecule has 1 aromatic carbocycles. The van der Waals surface area contributed by atoms with Crippen LogP contribution in [0.2, 0.25) is 0 Å². The molecule has 1 aromatic rings. The number of carbonyl (C=O) groups is 1. The van der Waals surface area contributed by atoms with Gasteiger partial charge in [0.1, 0.15) is 0 Å². The molecule has 1 aliphatic heterocycles. The van der Waals surface area contributed by atoms with Crippen LogP contribution in [0.15, 0.2) is 23.1 Å². The van der Waals surface area contributed by atoms with Crippen molar-refractivity contribution in [1.29, 1.82) is 0 Å². The molecule has 1 amide bonds. The Morgan fingerprint density at radius 1 is 1.35 bits per heavy atom. The number of amides is 1. The Hall–Kier alpha value is -2.00. The Balaban J connectivity index is 2.04. The van der Waals surface area contributed by atoms with Gasteiger partial charge in [0.05, 0.1) is 9.82 Å². The molecule has 1 heterocycles. The second kappa shape index (κ2) is 8.13. The lowest BCUT2D eigenvalue weighted by Crippen LogP contribution is -2.46. The largest absolute Gasteiger partial charge is 0.343 e. The van der Waals surface area contributed by atoms with Gasteiger partial charge in [-0.05, 0) is 31.2 Å². The number of non-ortho nitro benzene ring substituents is 1. The van der Waals surface area contributed by atoms with Crippen molar-refractivity contribution in [3.8, 4) is 0 Å². The van der Waals surface area contributed by atoms with Gasteiger partial charge < -0.3 is 4.90 Å². The Kier molecular flexibility index (Phi) is 6.35. The zero-order chi connectivity index (χ0) is 19.5. The maximum absolute atomic E-state index is 12.6. The summed E-state index contributed by atoms with van der Waals surface area (Å²) in [5, 5.41) is 10.9.